The third kappa shape index (κ3) is 2.36. The zero-order chi connectivity index (χ0) is 11.7. The second kappa shape index (κ2) is 4.84. The maximum Gasteiger partial charge on any atom is 0.0623 e. The smallest absolute Gasteiger partial charge is 0.0623 e. The minimum absolute atomic E-state index is 0.548. The molecule has 2 N–H and O–H groups in total. The molecule has 98 valence electrons. The van der Waals surface area contributed by atoms with Gasteiger partial charge in [-0.25, -0.2) is 0 Å². The molecule has 4 nitrogen and oxygen atoms in total. The Morgan fingerprint density at radius 1 is 1.35 bits per heavy atom. The third-order valence-electron chi connectivity index (χ3n) is 4.91. The van der Waals surface area contributed by atoms with Crippen LogP contribution in [0.5, 0.6) is 0 Å². The van der Waals surface area contributed by atoms with Crippen molar-refractivity contribution in [1.29, 1.82) is 0 Å². The van der Waals surface area contributed by atoms with Crippen molar-refractivity contribution in [3.63, 3.8) is 0 Å². The van der Waals surface area contributed by atoms with Crippen LogP contribution in [0.3, 0.4) is 0 Å². The zero-order valence-corrected chi connectivity index (χ0v) is 10.9. The van der Waals surface area contributed by atoms with Gasteiger partial charge < -0.3 is 15.4 Å². The predicted molar refractivity (Wildman–Crippen MR) is 68.2 cm³/mol. The molecule has 0 aromatic heterocycles. The van der Waals surface area contributed by atoms with Gasteiger partial charge in [0.2, 0.25) is 0 Å². The van der Waals surface area contributed by atoms with Crippen LogP contribution in [0.25, 0.3) is 0 Å². The van der Waals surface area contributed by atoms with E-state index in [0.717, 1.165) is 13.2 Å². The van der Waals surface area contributed by atoms with Crippen molar-refractivity contribution in [1.82, 2.24) is 15.5 Å². The van der Waals surface area contributed by atoms with Crippen molar-refractivity contribution in [2.45, 2.75) is 31.3 Å². The van der Waals surface area contributed by atoms with Crippen LogP contribution >= 0.6 is 0 Å². The van der Waals surface area contributed by atoms with E-state index in [1.54, 1.807) is 0 Å². The van der Waals surface area contributed by atoms with E-state index in [0.29, 0.717) is 17.5 Å². The SMILES string of the molecule is CNC1COCC(N2CCC3(CCNC3)C2)C1. The molecule has 17 heavy (non-hydrogen) atoms. The van der Waals surface area contributed by atoms with E-state index >= 15 is 0 Å². The Balaban J connectivity index is 1.58. The van der Waals surface area contributed by atoms with E-state index < -0.39 is 0 Å². The normalized spacial score (nSPS) is 43.6. The molecule has 4 heteroatoms. The molecule has 0 saturated carbocycles. The fourth-order valence-corrected chi connectivity index (χ4v) is 3.69. The Morgan fingerprint density at radius 3 is 3.06 bits per heavy atom. The van der Waals surface area contributed by atoms with E-state index in [1.165, 1.54) is 45.4 Å². The lowest BCUT2D eigenvalue weighted by atomic mass is 9.86. The highest BCUT2D eigenvalue weighted by Gasteiger charge is 2.42. The highest BCUT2D eigenvalue weighted by atomic mass is 16.5. The molecule has 3 rings (SSSR count). The van der Waals surface area contributed by atoms with Crippen molar-refractivity contribution in [3.05, 3.63) is 0 Å². The summed E-state index contributed by atoms with van der Waals surface area (Å²) in [4.78, 5) is 2.68. The average molecular weight is 239 g/mol. The van der Waals surface area contributed by atoms with Crippen LogP contribution in [0.2, 0.25) is 0 Å². The van der Waals surface area contributed by atoms with Crippen molar-refractivity contribution < 1.29 is 4.74 Å². The molecular weight excluding hydrogens is 214 g/mol. The summed E-state index contributed by atoms with van der Waals surface area (Å²) < 4.78 is 5.73. The summed E-state index contributed by atoms with van der Waals surface area (Å²) in [5.74, 6) is 0. The molecule has 3 fully saturated rings. The van der Waals surface area contributed by atoms with Gasteiger partial charge in [-0.1, -0.05) is 0 Å². The quantitative estimate of drug-likeness (QED) is 0.714. The van der Waals surface area contributed by atoms with Crippen LogP contribution < -0.4 is 10.6 Å². The first-order valence-corrected chi connectivity index (χ1v) is 7.01. The number of likely N-dealkylation sites (N-methyl/N-ethyl adjacent to an activating group) is 1. The molecule has 3 saturated heterocycles. The summed E-state index contributed by atoms with van der Waals surface area (Å²) in [7, 11) is 2.04. The van der Waals surface area contributed by atoms with Gasteiger partial charge in [0.1, 0.15) is 0 Å². The molecule has 0 aliphatic carbocycles. The molecular formula is C13H25N3O. The van der Waals surface area contributed by atoms with Gasteiger partial charge in [-0.3, -0.25) is 4.90 Å². The standard InChI is InChI=1S/C13H25N3O/c1-14-11-6-12(8-17-7-11)16-5-3-13(10-16)2-4-15-9-13/h11-12,14-15H,2-10H2,1H3. The molecule has 0 radical (unpaired) electrons. The van der Waals surface area contributed by atoms with Gasteiger partial charge in [-0.05, 0) is 44.8 Å². The molecule has 3 aliphatic rings. The van der Waals surface area contributed by atoms with Gasteiger partial charge in [-0.2, -0.15) is 0 Å². The minimum Gasteiger partial charge on any atom is -0.378 e. The summed E-state index contributed by atoms with van der Waals surface area (Å²) in [5.41, 5.74) is 0.590. The van der Waals surface area contributed by atoms with Gasteiger partial charge in [0.15, 0.2) is 0 Å². The third-order valence-corrected chi connectivity index (χ3v) is 4.91. The minimum atomic E-state index is 0.548. The molecule has 3 heterocycles. The van der Waals surface area contributed by atoms with Crippen LogP contribution in [-0.2, 0) is 4.74 Å². The van der Waals surface area contributed by atoms with Gasteiger partial charge in [-0.15, -0.1) is 0 Å². The highest BCUT2D eigenvalue weighted by molar-refractivity contribution is 4.98. The average Bonchev–Trinajstić information content (AvgIpc) is 3.01. The first-order valence-electron chi connectivity index (χ1n) is 7.01. The Labute approximate surface area is 104 Å². The highest BCUT2D eigenvalue weighted by Crippen LogP contribution is 2.37. The van der Waals surface area contributed by atoms with Gasteiger partial charge in [0.25, 0.3) is 0 Å². The van der Waals surface area contributed by atoms with E-state index in [4.69, 9.17) is 4.74 Å². The van der Waals surface area contributed by atoms with E-state index in [-0.39, 0.29) is 0 Å². The topological polar surface area (TPSA) is 36.5 Å². The number of likely N-dealkylation sites (tertiary alicyclic amines) is 1. The summed E-state index contributed by atoms with van der Waals surface area (Å²) in [6, 6.07) is 1.19. The van der Waals surface area contributed by atoms with Crippen LogP contribution in [0.15, 0.2) is 0 Å². The number of rotatable bonds is 2. The van der Waals surface area contributed by atoms with Crippen LogP contribution in [0, 0.1) is 5.41 Å². The fourth-order valence-electron chi connectivity index (χ4n) is 3.69. The van der Waals surface area contributed by atoms with Crippen molar-refractivity contribution in [2.24, 2.45) is 5.41 Å². The molecule has 0 aromatic carbocycles. The summed E-state index contributed by atoms with van der Waals surface area (Å²) in [6.45, 7) is 6.81. The second-order valence-corrected chi connectivity index (χ2v) is 6.06. The van der Waals surface area contributed by atoms with E-state index in [2.05, 4.69) is 15.5 Å². The maximum atomic E-state index is 5.73. The number of hydrogen-bond acceptors (Lipinski definition) is 4. The molecule has 0 aromatic rings. The monoisotopic (exact) mass is 239 g/mol. The van der Waals surface area contributed by atoms with Crippen molar-refractivity contribution in [3.8, 4) is 0 Å². The second-order valence-electron chi connectivity index (χ2n) is 6.06. The number of nitrogens with zero attached hydrogens (tertiary/aromatic N) is 1. The first kappa shape index (κ1) is 11.9. The van der Waals surface area contributed by atoms with E-state index in [9.17, 15) is 0 Å². The molecule has 3 unspecified atom stereocenters. The van der Waals surface area contributed by atoms with Crippen LogP contribution in [-0.4, -0.2) is 63.4 Å². The molecule has 0 amide bonds. The number of ether oxygens (including phenoxy) is 1. The molecule has 3 aliphatic heterocycles. The predicted octanol–water partition coefficient (Wildman–Crippen LogP) is 0.0487. The Bertz CT molecular complexity index is 265. The lowest BCUT2D eigenvalue weighted by Crippen LogP contribution is -2.48. The lowest BCUT2D eigenvalue weighted by molar-refractivity contribution is 0.00543. The van der Waals surface area contributed by atoms with Crippen molar-refractivity contribution in [2.75, 3.05) is 46.4 Å². The Hall–Kier alpha value is -0.160. The maximum absolute atomic E-state index is 5.73. The lowest BCUT2D eigenvalue weighted by Gasteiger charge is -2.36. The van der Waals surface area contributed by atoms with Crippen LogP contribution in [0.4, 0.5) is 0 Å². The number of hydrogen-bond donors (Lipinski definition) is 2. The van der Waals surface area contributed by atoms with Crippen molar-refractivity contribution >= 4 is 0 Å². The Kier molecular flexibility index (Phi) is 3.39. The number of nitrogens with one attached hydrogen (secondary N) is 2. The zero-order valence-electron chi connectivity index (χ0n) is 10.9. The summed E-state index contributed by atoms with van der Waals surface area (Å²) in [6.07, 6.45) is 3.99. The van der Waals surface area contributed by atoms with Crippen LogP contribution in [0.1, 0.15) is 19.3 Å². The molecule has 1 spiro atoms. The molecule has 0 bridgehead atoms. The summed E-state index contributed by atoms with van der Waals surface area (Å²) in [5, 5.41) is 6.88. The fraction of sp³-hybridized carbons (Fsp3) is 1.00. The van der Waals surface area contributed by atoms with Gasteiger partial charge in [0, 0.05) is 25.2 Å². The molecule has 3 atom stereocenters. The Morgan fingerprint density at radius 2 is 2.29 bits per heavy atom. The van der Waals surface area contributed by atoms with Gasteiger partial charge in [0.05, 0.1) is 13.2 Å². The first-order chi connectivity index (χ1) is 8.31. The van der Waals surface area contributed by atoms with Gasteiger partial charge >= 0.3 is 0 Å². The largest absolute Gasteiger partial charge is 0.378 e. The van der Waals surface area contributed by atoms with E-state index in [1.807, 2.05) is 7.05 Å². The summed E-state index contributed by atoms with van der Waals surface area (Å²) >= 11 is 0.